The average molecular weight is 393 g/mol. The van der Waals surface area contributed by atoms with Crippen molar-refractivity contribution in [1.82, 2.24) is 10.3 Å². The molecule has 1 amide bonds. The molecule has 0 radical (unpaired) electrons. The zero-order valence-electron chi connectivity index (χ0n) is 14.9. The molecule has 4 nitrogen and oxygen atoms in total. The fourth-order valence-electron chi connectivity index (χ4n) is 2.99. The van der Waals surface area contributed by atoms with Gasteiger partial charge in [-0.25, -0.2) is 9.37 Å². The van der Waals surface area contributed by atoms with Crippen molar-refractivity contribution in [3.63, 3.8) is 0 Å². The topological polar surface area (TPSA) is 45.2 Å². The number of benzene rings is 1. The Kier molecular flexibility index (Phi) is 5.96. The van der Waals surface area contributed by atoms with Crippen LogP contribution in [0.5, 0.6) is 0 Å². The van der Waals surface area contributed by atoms with E-state index in [2.05, 4.69) is 10.3 Å². The summed E-state index contributed by atoms with van der Waals surface area (Å²) in [4.78, 5) is 17.8. The highest BCUT2D eigenvalue weighted by atomic mass is 19.4. The van der Waals surface area contributed by atoms with Crippen LogP contribution in [0, 0.1) is 5.82 Å². The van der Waals surface area contributed by atoms with Crippen LogP contribution in [-0.2, 0) is 11.0 Å². The molecule has 0 aliphatic carbocycles. The number of carbonyl (C=O) groups excluding carboxylic acids is 1. The van der Waals surface area contributed by atoms with Crippen molar-refractivity contribution in [2.24, 2.45) is 0 Å². The van der Waals surface area contributed by atoms with Crippen molar-refractivity contribution in [2.45, 2.75) is 25.1 Å². The van der Waals surface area contributed by atoms with Gasteiger partial charge in [-0.15, -0.1) is 0 Å². The smallest absolute Gasteiger partial charge is 0.356 e. The highest BCUT2D eigenvalue weighted by Crippen LogP contribution is 2.29. The molecule has 1 fully saturated rings. The van der Waals surface area contributed by atoms with E-state index >= 15 is 0 Å². The van der Waals surface area contributed by atoms with Crippen molar-refractivity contribution < 1.29 is 22.4 Å². The van der Waals surface area contributed by atoms with Gasteiger partial charge in [0.15, 0.2) is 0 Å². The summed E-state index contributed by atoms with van der Waals surface area (Å²) in [5.41, 5.74) is -0.0499. The number of alkyl halides is 3. The highest BCUT2D eigenvalue weighted by molar-refractivity contribution is 5.91. The fraction of sp³-hybridized carbons (Fsp3) is 0.300. The van der Waals surface area contributed by atoms with E-state index in [9.17, 15) is 22.4 Å². The minimum absolute atomic E-state index is 0.0175. The third-order valence-corrected chi connectivity index (χ3v) is 4.54. The number of aromatic nitrogens is 1. The van der Waals surface area contributed by atoms with Crippen LogP contribution < -0.4 is 10.2 Å². The number of carbonyl (C=O) groups is 1. The number of hydrogen-bond donors (Lipinski definition) is 1. The van der Waals surface area contributed by atoms with E-state index in [4.69, 9.17) is 0 Å². The molecule has 1 aliphatic rings. The second-order valence-electron chi connectivity index (χ2n) is 6.56. The lowest BCUT2D eigenvalue weighted by atomic mass is 10.0. The van der Waals surface area contributed by atoms with Crippen molar-refractivity contribution in [2.75, 3.05) is 18.0 Å². The molecule has 2 heterocycles. The molecule has 1 N–H and O–H groups in total. The molecule has 2 aromatic rings. The van der Waals surface area contributed by atoms with Gasteiger partial charge in [-0.05, 0) is 48.7 Å². The normalized spacial score (nSPS) is 15.8. The van der Waals surface area contributed by atoms with E-state index in [1.54, 1.807) is 18.2 Å². The number of rotatable bonds is 4. The highest BCUT2D eigenvalue weighted by Gasteiger charge is 2.31. The first-order chi connectivity index (χ1) is 13.3. The van der Waals surface area contributed by atoms with Gasteiger partial charge < -0.3 is 10.2 Å². The SMILES string of the molecule is O=C(/C=C/c1ccc(F)cc1)NC1CCN(c2ccc(C(F)(F)F)cn2)CC1. The predicted molar refractivity (Wildman–Crippen MR) is 98.1 cm³/mol. The summed E-state index contributed by atoms with van der Waals surface area (Å²) in [6.07, 6.45) is 0.776. The average Bonchev–Trinajstić information content (AvgIpc) is 2.68. The van der Waals surface area contributed by atoms with Crippen LogP contribution in [0.25, 0.3) is 6.08 Å². The summed E-state index contributed by atoms with van der Waals surface area (Å²) in [6, 6.07) is 8.18. The molecular weight excluding hydrogens is 374 g/mol. The lowest BCUT2D eigenvalue weighted by Crippen LogP contribution is -2.44. The Morgan fingerprint density at radius 1 is 1.11 bits per heavy atom. The molecule has 1 aliphatic heterocycles. The molecule has 3 rings (SSSR count). The number of hydrogen-bond acceptors (Lipinski definition) is 3. The van der Waals surface area contributed by atoms with Gasteiger partial charge in [0.25, 0.3) is 0 Å². The second kappa shape index (κ2) is 8.41. The molecule has 0 saturated carbocycles. The molecule has 1 aromatic heterocycles. The molecule has 8 heteroatoms. The molecule has 0 unspecified atom stereocenters. The van der Waals surface area contributed by atoms with E-state index in [0.29, 0.717) is 31.7 Å². The number of pyridine rings is 1. The van der Waals surface area contributed by atoms with Crippen LogP contribution in [0.4, 0.5) is 23.4 Å². The maximum atomic E-state index is 12.9. The molecule has 28 heavy (non-hydrogen) atoms. The van der Waals surface area contributed by atoms with Crippen molar-refractivity contribution in [3.05, 3.63) is 65.6 Å². The lowest BCUT2D eigenvalue weighted by molar-refractivity contribution is -0.137. The molecular formula is C20H19F4N3O. The van der Waals surface area contributed by atoms with Crippen molar-refractivity contribution in [1.29, 1.82) is 0 Å². The Bertz CT molecular complexity index is 824. The number of nitrogens with one attached hydrogen (secondary N) is 1. The van der Waals surface area contributed by atoms with Gasteiger partial charge in [0.05, 0.1) is 5.56 Å². The molecule has 1 aromatic carbocycles. The fourth-order valence-corrected chi connectivity index (χ4v) is 2.99. The zero-order chi connectivity index (χ0) is 20.1. The Hall–Kier alpha value is -2.90. The maximum absolute atomic E-state index is 12.9. The molecule has 0 spiro atoms. The zero-order valence-corrected chi connectivity index (χ0v) is 14.9. The van der Waals surface area contributed by atoms with E-state index in [0.717, 1.165) is 17.8 Å². The third-order valence-electron chi connectivity index (χ3n) is 4.54. The minimum atomic E-state index is -4.40. The number of amides is 1. The van der Waals surface area contributed by atoms with Gasteiger partial charge in [-0.1, -0.05) is 12.1 Å². The monoisotopic (exact) mass is 393 g/mol. The Balaban J connectivity index is 1.48. The lowest BCUT2D eigenvalue weighted by Gasteiger charge is -2.33. The van der Waals surface area contributed by atoms with E-state index in [-0.39, 0.29) is 17.8 Å². The Labute approximate surface area is 159 Å². The molecule has 0 atom stereocenters. The van der Waals surface area contributed by atoms with Gasteiger partial charge in [-0.2, -0.15) is 13.2 Å². The van der Waals surface area contributed by atoms with Crippen LogP contribution in [0.1, 0.15) is 24.0 Å². The standard InChI is InChI=1S/C20H19F4N3O/c21-16-5-1-14(2-6-16)3-8-19(28)26-17-9-11-27(12-10-17)18-7-4-15(13-25-18)20(22,23)24/h1-8,13,17H,9-12H2,(H,26,28)/b8-3+. The third kappa shape index (κ3) is 5.31. The molecule has 1 saturated heterocycles. The summed E-state index contributed by atoms with van der Waals surface area (Å²) in [5, 5.41) is 2.91. The van der Waals surface area contributed by atoms with Crippen LogP contribution in [0.15, 0.2) is 48.7 Å². The van der Waals surface area contributed by atoms with Gasteiger partial charge in [0.2, 0.25) is 5.91 Å². The quantitative estimate of drug-likeness (QED) is 0.630. The molecule has 0 bridgehead atoms. The first kappa shape index (κ1) is 19.9. The van der Waals surface area contributed by atoms with Gasteiger partial charge in [-0.3, -0.25) is 4.79 Å². The van der Waals surface area contributed by atoms with E-state index in [1.165, 1.54) is 24.3 Å². The van der Waals surface area contributed by atoms with Crippen LogP contribution >= 0.6 is 0 Å². The number of piperidine rings is 1. The summed E-state index contributed by atoms with van der Waals surface area (Å²) in [7, 11) is 0. The largest absolute Gasteiger partial charge is 0.417 e. The van der Waals surface area contributed by atoms with Crippen LogP contribution in [0.2, 0.25) is 0 Å². The maximum Gasteiger partial charge on any atom is 0.417 e. The summed E-state index contributed by atoms with van der Waals surface area (Å²) in [5.74, 6) is -0.0830. The van der Waals surface area contributed by atoms with Gasteiger partial charge >= 0.3 is 6.18 Å². The first-order valence-electron chi connectivity index (χ1n) is 8.83. The summed E-state index contributed by atoms with van der Waals surface area (Å²) < 4.78 is 50.7. The summed E-state index contributed by atoms with van der Waals surface area (Å²) >= 11 is 0. The van der Waals surface area contributed by atoms with Gasteiger partial charge in [0, 0.05) is 31.4 Å². The van der Waals surface area contributed by atoms with E-state index in [1.807, 2.05) is 4.90 Å². The second-order valence-corrected chi connectivity index (χ2v) is 6.56. The van der Waals surface area contributed by atoms with Crippen molar-refractivity contribution in [3.8, 4) is 0 Å². The van der Waals surface area contributed by atoms with Crippen LogP contribution in [0.3, 0.4) is 0 Å². The Morgan fingerprint density at radius 2 is 1.79 bits per heavy atom. The summed E-state index contributed by atoms with van der Waals surface area (Å²) in [6.45, 7) is 1.18. The minimum Gasteiger partial charge on any atom is -0.356 e. The molecule has 148 valence electrons. The van der Waals surface area contributed by atoms with Crippen LogP contribution in [-0.4, -0.2) is 30.0 Å². The van der Waals surface area contributed by atoms with Crippen molar-refractivity contribution >= 4 is 17.8 Å². The van der Waals surface area contributed by atoms with E-state index < -0.39 is 11.7 Å². The predicted octanol–water partition coefficient (Wildman–Crippen LogP) is 4.04. The number of halogens is 4. The first-order valence-corrected chi connectivity index (χ1v) is 8.83. The number of anilines is 1. The van der Waals surface area contributed by atoms with Gasteiger partial charge in [0.1, 0.15) is 11.6 Å². The Morgan fingerprint density at radius 3 is 2.36 bits per heavy atom. The number of nitrogens with zero attached hydrogens (tertiary/aromatic N) is 2.